The zero-order chi connectivity index (χ0) is 21.1. The van der Waals surface area contributed by atoms with E-state index in [4.69, 9.17) is 4.74 Å². The number of phenols is 1. The highest BCUT2D eigenvalue weighted by Gasteiger charge is 2.28. The molecule has 3 N–H and O–H groups in total. The molecule has 1 saturated heterocycles. The minimum atomic E-state index is -3.69. The Morgan fingerprint density at radius 2 is 1.90 bits per heavy atom. The lowest BCUT2D eigenvalue weighted by Gasteiger charge is -2.25. The molecule has 1 fully saturated rings. The van der Waals surface area contributed by atoms with Crippen molar-refractivity contribution in [1.29, 1.82) is 0 Å². The summed E-state index contributed by atoms with van der Waals surface area (Å²) in [4.78, 5) is 23.5. The number of aromatic nitrogens is 3. The molecular weight excluding hydrogens is 410 g/mol. The number of aromatic amines is 1. The summed E-state index contributed by atoms with van der Waals surface area (Å²) in [5, 5.41) is 12.2. The number of morpholine rings is 1. The summed E-state index contributed by atoms with van der Waals surface area (Å²) < 4.78 is 31.8. The van der Waals surface area contributed by atoms with E-state index in [1.54, 1.807) is 18.2 Å². The number of nitrogens with one attached hydrogen (secondary N) is 2. The molecule has 10 nitrogen and oxygen atoms in total. The predicted molar refractivity (Wildman–Crippen MR) is 107 cm³/mol. The number of amides is 1. The number of hydrogen-bond acceptors (Lipinski definition) is 7. The number of rotatable bonds is 5. The monoisotopic (exact) mass is 429 g/mol. The van der Waals surface area contributed by atoms with E-state index in [0.29, 0.717) is 30.3 Å². The second-order valence-electron chi connectivity index (χ2n) is 6.57. The van der Waals surface area contributed by atoms with Crippen LogP contribution in [0.15, 0.2) is 53.8 Å². The molecule has 0 aliphatic carbocycles. The fraction of sp³-hybridized carbons (Fsp3) is 0.211. The van der Waals surface area contributed by atoms with Crippen molar-refractivity contribution in [2.24, 2.45) is 0 Å². The molecule has 1 aromatic carbocycles. The highest BCUT2D eigenvalue weighted by atomic mass is 32.2. The van der Waals surface area contributed by atoms with Crippen LogP contribution in [0.5, 0.6) is 5.75 Å². The molecule has 0 unspecified atom stereocenters. The van der Waals surface area contributed by atoms with Crippen LogP contribution in [0.4, 0.5) is 5.69 Å². The Hall–Kier alpha value is -3.28. The Kier molecular flexibility index (Phi) is 5.48. The van der Waals surface area contributed by atoms with E-state index in [9.17, 15) is 18.3 Å². The van der Waals surface area contributed by atoms with Gasteiger partial charge in [0, 0.05) is 24.8 Å². The topological polar surface area (TPSA) is 138 Å². The standard InChI is InChI=1S/C19H19N5O5S/c25-15-3-1-2-13(8-15)18-21-10-14(11-22-18)23-19(26)17-9-16(12-20-17)30(27,28)24-4-6-29-7-5-24/h1-3,8-12,20,25H,4-7H2,(H,23,26). The first-order valence-electron chi connectivity index (χ1n) is 9.12. The number of sulfonamides is 1. The van der Waals surface area contributed by atoms with Crippen LogP contribution in [0.2, 0.25) is 0 Å². The third-order valence-corrected chi connectivity index (χ3v) is 6.40. The quantitative estimate of drug-likeness (QED) is 0.558. The van der Waals surface area contributed by atoms with Crippen molar-refractivity contribution < 1.29 is 23.1 Å². The smallest absolute Gasteiger partial charge is 0.272 e. The van der Waals surface area contributed by atoms with Crippen LogP contribution in [-0.4, -0.2) is 65.0 Å². The molecule has 11 heteroatoms. The maximum atomic E-state index is 12.7. The van der Waals surface area contributed by atoms with Crippen molar-refractivity contribution >= 4 is 21.6 Å². The fourth-order valence-electron chi connectivity index (χ4n) is 2.98. The number of carbonyl (C=O) groups is 1. The lowest BCUT2D eigenvalue weighted by molar-refractivity contribution is 0.0730. The summed E-state index contributed by atoms with van der Waals surface area (Å²) in [5.74, 6) is -0.0298. The summed E-state index contributed by atoms with van der Waals surface area (Å²) in [7, 11) is -3.69. The van der Waals surface area contributed by atoms with Crippen LogP contribution in [0, 0.1) is 0 Å². The Balaban J connectivity index is 1.45. The van der Waals surface area contributed by atoms with Crippen LogP contribution in [0.1, 0.15) is 10.5 Å². The van der Waals surface area contributed by atoms with E-state index in [1.165, 1.54) is 35.0 Å². The van der Waals surface area contributed by atoms with Gasteiger partial charge in [0.15, 0.2) is 5.82 Å². The Morgan fingerprint density at radius 1 is 1.17 bits per heavy atom. The van der Waals surface area contributed by atoms with Crippen molar-refractivity contribution in [3.8, 4) is 17.1 Å². The van der Waals surface area contributed by atoms with Gasteiger partial charge in [0.2, 0.25) is 10.0 Å². The molecular formula is C19H19N5O5S. The van der Waals surface area contributed by atoms with E-state index < -0.39 is 15.9 Å². The predicted octanol–water partition coefficient (Wildman–Crippen LogP) is 1.45. The molecule has 1 aliphatic rings. The molecule has 1 amide bonds. The van der Waals surface area contributed by atoms with Crippen molar-refractivity contribution in [1.82, 2.24) is 19.3 Å². The van der Waals surface area contributed by atoms with E-state index in [1.807, 2.05) is 0 Å². The largest absolute Gasteiger partial charge is 0.508 e. The zero-order valence-electron chi connectivity index (χ0n) is 15.8. The number of carbonyl (C=O) groups excluding carboxylic acids is 1. The molecule has 3 heterocycles. The molecule has 156 valence electrons. The summed E-state index contributed by atoms with van der Waals surface area (Å²) >= 11 is 0. The number of ether oxygens (including phenoxy) is 1. The normalized spacial score (nSPS) is 15.1. The van der Waals surface area contributed by atoms with Gasteiger partial charge in [-0.2, -0.15) is 4.31 Å². The van der Waals surface area contributed by atoms with Crippen molar-refractivity contribution in [2.75, 3.05) is 31.6 Å². The van der Waals surface area contributed by atoms with Crippen LogP contribution in [0.25, 0.3) is 11.4 Å². The minimum absolute atomic E-state index is 0.0185. The molecule has 4 rings (SSSR count). The molecule has 0 spiro atoms. The van der Waals surface area contributed by atoms with E-state index in [2.05, 4.69) is 20.3 Å². The zero-order valence-corrected chi connectivity index (χ0v) is 16.6. The van der Waals surface area contributed by atoms with E-state index >= 15 is 0 Å². The Bertz CT molecular complexity index is 1150. The van der Waals surface area contributed by atoms with Gasteiger partial charge in [0.25, 0.3) is 5.91 Å². The molecule has 2 aromatic heterocycles. The van der Waals surface area contributed by atoms with Gasteiger partial charge in [-0.25, -0.2) is 18.4 Å². The van der Waals surface area contributed by atoms with Gasteiger partial charge in [-0.15, -0.1) is 0 Å². The Labute approximate surface area is 172 Å². The van der Waals surface area contributed by atoms with E-state index in [0.717, 1.165) is 0 Å². The van der Waals surface area contributed by atoms with Crippen LogP contribution in [-0.2, 0) is 14.8 Å². The van der Waals surface area contributed by atoms with Crippen LogP contribution in [0.3, 0.4) is 0 Å². The molecule has 0 bridgehead atoms. The molecule has 0 saturated carbocycles. The second-order valence-corrected chi connectivity index (χ2v) is 8.50. The number of nitrogens with zero attached hydrogens (tertiary/aromatic N) is 3. The van der Waals surface area contributed by atoms with Gasteiger partial charge >= 0.3 is 0 Å². The lowest BCUT2D eigenvalue weighted by Crippen LogP contribution is -2.40. The third kappa shape index (κ3) is 4.17. The van der Waals surface area contributed by atoms with Crippen molar-refractivity contribution in [3.05, 3.63) is 54.6 Å². The third-order valence-electron chi connectivity index (χ3n) is 4.52. The van der Waals surface area contributed by atoms with Crippen molar-refractivity contribution in [3.63, 3.8) is 0 Å². The summed E-state index contributed by atoms with van der Waals surface area (Å²) in [5.41, 5.74) is 1.07. The average Bonchev–Trinajstić information content (AvgIpc) is 3.26. The highest BCUT2D eigenvalue weighted by Crippen LogP contribution is 2.21. The highest BCUT2D eigenvalue weighted by molar-refractivity contribution is 7.89. The SMILES string of the molecule is O=C(Nc1cnc(-c2cccc(O)c2)nc1)c1cc(S(=O)(=O)N2CCOCC2)c[nH]1. The first-order valence-corrected chi connectivity index (χ1v) is 10.6. The maximum absolute atomic E-state index is 12.7. The first kappa shape index (κ1) is 20.0. The van der Waals surface area contributed by atoms with Gasteiger partial charge in [-0.05, 0) is 18.2 Å². The van der Waals surface area contributed by atoms with Gasteiger partial charge in [0.1, 0.15) is 16.3 Å². The van der Waals surface area contributed by atoms with Crippen LogP contribution < -0.4 is 5.32 Å². The molecule has 3 aromatic rings. The number of anilines is 1. The minimum Gasteiger partial charge on any atom is -0.508 e. The van der Waals surface area contributed by atoms with E-state index in [-0.39, 0.29) is 29.4 Å². The summed E-state index contributed by atoms with van der Waals surface area (Å²) in [6.45, 7) is 1.24. The fourth-order valence-corrected chi connectivity index (χ4v) is 4.38. The number of phenolic OH excluding ortho intramolecular Hbond substituents is 1. The Morgan fingerprint density at radius 3 is 2.60 bits per heavy atom. The number of benzene rings is 1. The average molecular weight is 429 g/mol. The molecule has 30 heavy (non-hydrogen) atoms. The lowest BCUT2D eigenvalue weighted by atomic mass is 10.2. The van der Waals surface area contributed by atoms with Gasteiger partial charge in [0.05, 0.1) is 31.3 Å². The summed E-state index contributed by atoms with van der Waals surface area (Å²) in [6.07, 6.45) is 4.15. The van der Waals surface area contributed by atoms with Crippen molar-refractivity contribution in [2.45, 2.75) is 4.90 Å². The van der Waals surface area contributed by atoms with Gasteiger partial charge in [-0.1, -0.05) is 12.1 Å². The number of H-pyrrole nitrogens is 1. The maximum Gasteiger partial charge on any atom is 0.272 e. The molecule has 0 atom stereocenters. The van der Waals surface area contributed by atoms with Gasteiger partial charge < -0.3 is 20.1 Å². The summed E-state index contributed by atoms with van der Waals surface area (Å²) in [6, 6.07) is 7.80. The molecule has 0 radical (unpaired) electrons. The van der Waals surface area contributed by atoms with Gasteiger partial charge in [-0.3, -0.25) is 4.79 Å². The number of hydrogen-bond donors (Lipinski definition) is 3. The first-order chi connectivity index (χ1) is 14.4. The number of aromatic hydroxyl groups is 1. The van der Waals surface area contributed by atoms with Crippen LogP contribution >= 0.6 is 0 Å². The molecule has 1 aliphatic heterocycles. The second kappa shape index (κ2) is 8.22.